The summed E-state index contributed by atoms with van der Waals surface area (Å²) < 4.78 is 31.8. The Kier molecular flexibility index (Phi) is 4.87. The summed E-state index contributed by atoms with van der Waals surface area (Å²) in [5, 5.41) is -0.490. The highest BCUT2D eigenvalue weighted by molar-refractivity contribution is 7.07. The molecule has 1 fully saturated rings. The van der Waals surface area contributed by atoms with Crippen LogP contribution in [0.5, 0.6) is 5.75 Å². The molecular formula is C12H14Cl2F2OSi. The first-order chi connectivity index (χ1) is 8.56. The van der Waals surface area contributed by atoms with E-state index in [1.807, 2.05) is 0 Å². The van der Waals surface area contributed by atoms with Crippen molar-refractivity contribution >= 4 is 30.8 Å². The van der Waals surface area contributed by atoms with Crippen molar-refractivity contribution in [1.29, 1.82) is 0 Å². The van der Waals surface area contributed by atoms with Crippen LogP contribution in [0.3, 0.4) is 0 Å². The number of benzene rings is 1. The van der Waals surface area contributed by atoms with Gasteiger partial charge in [0.25, 0.3) is 0 Å². The molecule has 1 saturated heterocycles. The second-order valence-electron chi connectivity index (χ2n) is 4.63. The van der Waals surface area contributed by atoms with Crippen molar-refractivity contribution < 1.29 is 13.5 Å². The predicted molar refractivity (Wildman–Crippen MR) is 72.2 cm³/mol. The fourth-order valence-electron chi connectivity index (χ4n) is 2.12. The van der Waals surface area contributed by atoms with Crippen LogP contribution in [-0.4, -0.2) is 14.7 Å². The minimum Gasteiger partial charge on any atom is -0.493 e. The van der Waals surface area contributed by atoms with E-state index in [0.29, 0.717) is 12.5 Å². The smallest absolute Gasteiger partial charge is 0.148 e. The van der Waals surface area contributed by atoms with E-state index in [4.69, 9.17) is 27.4 Å². The van der Waals surface area contributed by atoms with Gasteiger partial charge in [0.1, 0.15) is 30.5 Å². The highest BCUT2D eigenvalue weighted by atomic mass is 35.6. The molecule has 1 aromatic carbocycles. The zero-order valence-corrected chi connectivity index (χ0v) is 12.4. The number of ether oxygens (including phenoxy) is 1. The maximum absolute atomic E-state index is 13.2. The molecule has 1 heterocycles. The van der Waals surface area contributed by atoms with Crippen molar-refractivity contribution in [2.45, 2.75) is 24.9 Å². The van der Waals surface area contributed by atoms with Gasteiger partial charge in [0.05, 0.1) is 6.61 Å². The molecule has 1 aromatic rings. The van der Waals surface area contributed by atoms with Crippen LogP contribution in [0.25, 0.3) is 0 Å². The molecule has 0 bridgehead atoms. The fraction of sp³-hybridized carbons (Fsp3) is 0.500. The second-order valence-corrected chi connectivity index (χ2v) is 9.21. The van der Waals surface area contributed by atoms with Gasteiger partial charge in [-0.25, -0.2) is 8.78 Å². The summed E-state index contributed by atoms with van der Waals surface area (Å²) >= 11 is 11.5. The average molecular weight is 311 g/mol. The van der Waals surface area contributed by atoms with Gasteiger partial charge in [0.15, 0.2) is 0 Å². The number of halogens is 4. The zero-order valence-electron chi connectivity index (χ0n) is 9.77. The fourth-order valence-corrected chi connectivity index (χ4v) is 4.94. The van der Waals surface area contributed by atoms with Gasteiger partial charge in [-0.3, -0.25) is 0 Å². The molecule has 0 unspecified atom stereocenters. The lowest BCUT2D eigenvalue weighted by Crippen LogP contribution is -2.21. The maximum atomic E-state index is 13.2. The minimum absolute atomic E-state index is 0.194. The third-order valence-corrected chi connectivity index (χ3v) is 6.81. The average Bonchev–Trinajstić information content (AvgIpc) is 2.35. The number of hydrogen-bond donors (Lipinski definition) is 0. The molecular weight excluding hydrogens is 297 g/mol. The van der Waals surface area contributed by atoms with Crippen LogP contribution in [0, 0.1) is 17.6 Å². The van der Waals surface area contributed by atoms with Crippen LogP contribution < -0.4 is 4.74 Å². The molecule has 100 valence electrons. The Hall–Kier alpha value is -0.323. The van der Waals surface area contributed by atoms with Crippen molar-refractivity contribution in [3.63, 3.8) is 0 Å². The van der Waals surface area contributed by atoms with E-state index < -0.39 is 24.8 Å². The molecule has 1 nitrogen and oxygen atoms in total. The molecule has 1 aliphatic rings. The monoisotopic (exact) mass is 310 g/mol. The van der Waals surface area contributed by atoms with Gasteiger partial charge in [-0.05, 0) is 30.8 Å². The lowest BCUT2D eigenvalue weighted by Gasteiger charge is -2.24. The first-order valence-electron chi connectivity index (χ1n) is 5.97. The molecule has 2 rings (SSSR count). The molecule has 6 heteroatoms. The normalized spacial score (nSPS) is 24.0. The molecule has 0 N–H and O–H groups in total. The highest BCUT2D eigenvalue weighted by Gasteiger charge is 2.21. The van der Waals surface area contributed by atoms with Crippen LogP contribution in [0.15, 0.2) is 12.1 Å². The molecule has 0 amide bonds. The lowest BCUT2D eigenvalue weighted by atomic mass is 10.0. The Morgan fingerprint density at radius 2 is 1.78 bits per heavy atom. The topological polar surface area (TPSA) is 9.23 Å². The zero-order chi connectivity index (χ0) is 13.1. The lowest BCUT2D eigenvalue weighted by molar-refractivity contribution is 0.235. The van der Waals surface area contributed by atoms with Gasteiger partial charge < -0.3 is 4.74 Å². The first-order valence-corrected chi connectivity index (χ1v) is 9.73. The Bertz CT molecular complexity index is 400. The van der Waals surface area contributed by atoms with Gasteiger partial charge >= 0.3 is 0 Å². The summed E-state index contributed by atoms with van der Waals surface area (Å²) in [7, 11) is -0.976. The third-order valence-electron chi connectivity index (χ3n) is 3.22. The van der Waals surface area contributed by atoms with Crippen LogP contribution in [0.4, 0.5) is 8.78 Å². The van der Waals surface area contributed by atoms with Gasteiger partial charge in [0.2, 0.25) is 0 Å². The Morgan fingerprint density at radius 1 is 1.22 bits per heavy atom. The molecule has 18 heavy (non-hydrogen) atoms. The van der Waals surface area contributed by atoms with E-state index in [-0.39, 0.29) is 5.75 Å². The summed E-state index contributed by atoms with van der Waals surface area (Å²) in [4.78, 5) is 0. The molecule has 0 saturated carbocycles. The molecule has 0 aromatic heterocycles. The SMILES string of the molecule is Fc1cc(OCC2CC[SiH](Cl)CC2)cc(F)c1Cl. The van der Waals surface area contributed by atoms with Crippen molar-refractivity contribution in [2.75, 3.05) is 6.61 Å². The standard InChI is InChI=1S/C12H14Cl2F2OSi/c13-12-10(15)5-9(6-11(12)16)17-7-8-1-3-18(14)4-2-8/h5-6,8,18H,1-4,7H2. The van der Waals surface area contributed by atoms with Gasteiger partial charge in [-0.2, -0.15) is 11.1 Å². The van der Waals surface area contributed by atoms with E-state index in [0.717, 1.165) is 37.1 Å². The minimum atomic E-state index is -0.976. The first kappa shape index (κ1) is 14.1. The van der Waals surface area contributed by atoms with Crippen molar-refractivity contribution in [2.24, 2.45) is 5.92 Å². The molecule has 1 aliphatic heterocycles. The van der Waals surface area contributed by atoms with E-state index in [1.54, 1.807) is 0 Å². The summed E-state index contributed by atoms with van der Waals surface area (Å²) in [6.07, 6.45) is 2.11. The Labute approximate surface area is 116 Å². The third kappa shape index (κ3) is 3.59. The molecule has 0 spiro atoms. The van der Waals surface area contributed by atoms with Crippen LogP contribution in [0.2, 0.25) is 17.1 Å². The van der Waals surface area contributed by atoms with Crippen LogP contribution in [0.1, 0.15) is 12.8 Å². The number of rotatable bonds is 3. The van der Waals surface area contributed by atoms with Crippen molar-refractivity contribution in [1.82, 2.24) is 0 Å². The maximum Gasteiger partial charge on any atom is 0.148 e. The second kappa shape index (κ2) is 6.22. The highest BCUT2D eigenvalue weighted by Crippen LogP contribution is 2.29. The van der Waals surface area contributed by atoms with Gasteiger partial charge in [-0.15, -0.1) is 0 Å². The quantitative estimate of drug-likeness (QED) is 0.457. The molecule has 0 aliphatic carbocycles. The summed E-state index contributed by atoms with van der Waals surface area (Å²) in [5.41, 5.74) is 0. The molecule has 0 radical (unpaired) electrons. The summed E-state index contributed by atoms with van der Waals surface area (Å²) in [6.45, 7) is 0.485. The summed E-state index contributed by atoms with van der Waals surface area (Å²) in [5.74, 6) is -0.943. The van der Waals surface area contributed by atoms with E-state index >= 15 is 0 Å². The van der Waals surface area contributed by atoms with Crippen molar-refractivity contribution in [3.8, 4) is 5.75 Å². The largest absolute Gasteiger partial charge is 0.493 e. The van der Waals surface area contributed by atoms with Crippen LogP contribution in [-0.2, 0) is 0 Å². The van der Waals surface area contributed by atoms with Gasteiger partial charge in [-0.1, -0.05) is 11.6 Å². The van der Waals surface area contributed by atoms with E-state index in [9.17, 15) is 8.78 Å². The Balaban J connectivity index is 1.90. The summed E-state index contributed by atoms with van der Waals surface area (Å²) in [6, 6.07) is 4.46. The Morgan fingerprint density at radius 3 is 2.33 bits per heavy atom. The van der Waals surface area contributed by atoms with Gasteiger partial charge in [0, 0.05) is 12.1 Å². The predicted octanol–water partition coefficient (Wildman–Crippen LogP) is 4.37. The number of hydrogen-bond acceptors (Lipinski definition) is 1. The van der Waals surface area contributed by atoms with Crippen molar-refractivity contribution in [3.05, 3.63) is 28.8 Å². The molecule has 0 atom stereocenters. The van der Waals surface area contributed by atoms with Crippen LogP contribution >= 0.6 is 22.7 Å². The van der Waals surface area contributed by atoms with E-state index in [1.165, 1.54) is 0 Å². The van der Waals surface area contributed by atoms with E-state index in [2.05, 4.69) is 0 Å².